The summed E-state index contributed by atoms with van der Waals surface area (Å²) in [5.74, 6) is 0. The topological polar surface area (TPSA) is 38.3 Å². The zero-order chi connectivity index (χ0) is 5.82. The van der Waals surface area contributed by atoms with Crippen molar-refractivity contribution in [2.24, 2.45) is 0 Å². The minimum atomic E-state index is 0.0764. The molecule has 1 aliphatic rings. The fourth-order valence-corrected chi connectivity index (χ4v) is 0.695. The summed E-state index contributed by atoms with van der Waals surface area (Å²) in [6, 6.07) is 0. The third-order valence-electron chi connectivity index (χ3n) is 1.12. The molecule has 0 aliphatic carbocycles. The highest BCUT2D eigenvalue weighted by Crippen LogP contribution is 2.03. The Morgan fingerprint density at radius 3 is 3.25 bits per heavy atom. The van der Waals surface area contributed by atoms with E-state index in [4.69, 9.17) is 0 Å². The van der Waals surface area contributed by atoms with Crippen molar-refractivity contribution in [3.8, 4) is 0 Å². The van der Waals surface area contributed by atoms with Gasteiger partial charge in [0.25, 0.3) is 6.47 Å². The Labute approximate surface area is 48.0 Å². The van der Waals surface area contributed by atoms with E-state index in [9.17, 15) is 4.79 Å². The third kappa shape index (κ3) is 1.20. The van der Waals surface area contributed by atoms with Gasteiger partial charge in [0, 0.05) is 19.5 Å². The van der Waals surface area contributed by atoms with Gasteiger partial charge >= 0.3 is 0 Å². The summed E-state index contributed by atoms with van der Waals surface area (Å²) >= 11 is 0. The Balaban J connectivity index is 2.14. The number of ether oxygens (including phenoxy) is 1. The van der Waals surface area contributed by atoms with Crippen molar-refractivity contribution in [1.29, 1.82) is 0 Å². The van der Waals surface area contributed by atoms with Crippen LogP contribution in [0, 0.1) is 6.54 Å². The van der Waals surface area contributed by atoms with Gasteiger partial charge in [-0.3, -0.25) is 4.79 Å². The van der Waals surface area contributed by atoms with E-state index in [0.717, 1.165) is 13.0 Å². The first-order valence-electron chi connectivity index (χ1n) is 2.57. The molecule has 1 heterocycles. The highest BCUT2D eigenvalue weighted by molar-refractivity contribution is 5.37. The van der Waals surface area contributed by atoms with E-state index in [1.54, 1.807) is 0 Å². The molecule has 1 radical (unpaired) electrons. The Morgan fingerprint density at radius 1 is 1.88 bits per heavy atom. The van der Waals surface area contributed by atoms with Gasteiger partial charge in [0.1, 0.15) is 6.10 Å². The van der Waals surface area contributed by atoms with Crippen LogP contribution in [-0.2, 0) is 9.53 Å². The molecule has 1 aliphatic heterocycles. The van der Waals surface area contributed by atoms with E-state index < -0.39 is 0 Å². The van der Waals surface area contributed by atoms with Crippen LogP contribution >= 0.6 is 0 Å². The van der Waals surface area contributed by atoms with E-state index in [1.807, 2.05) is 6.54 Å². The van der Waals surface area contributed by atoms with Crippen LogP contribution in [0.3, 0.4) is 0 Å². The maximum absolute atomic E-state index is 9.70. The van der Waals surface area contributed by atoms with E-state index >= 15 is 0 Å². The van der Waals surface area contributed by atoms with Crippen LogP contribution < -0.4 is 5.32 Å². The quantitative estimate of drug-likeness (QED) is 0.500. The molecule has 0 aromatic rings. The number of hydrogen-bond acceptors (Lipinski definition) is 3. The van der Waals surface area contributed by atoms with Gasteiger partial charge in [-0.05, 0) is 0 Å². The molecule has 1 fully saturated rings. The van der Waals surface area contributed by atoms with Crippen LogP contribution in [0.15, 0.2) is 0 Å². The average Bonchev–Trinajstić information content (AvgIpc) is 2.19. The first-order chi connectivity index (χ1) is 3.93. The predicted octanol–water partition coefficient (Wildman–Crippen LogP) is -0.317. The van der Waals surface area contributed by atoms with Crippen molar-refractivity contribution < 1.29 is 9.53 Å². The first-order valence-corrected chi connectivity index (χ1v) is 2.57. The largest absolute Gasteiger partial charge is 0.463 e. The second kappa shape index (κ2) is 2.67. The van der Waals surface area contributed by atoms with Gasteiger partial charge < -0.3 is 10.1 Å². The van der Waals surface area contributed by atoms with E-state index in [2.05, 4.69) is 10.1 Å². The lowest BCUT2D eigenvalue weighted by atomic mass is 10.3. The summed E-state index contributed by atoms with van der Waals surface area (Å²) in [6.45, 7) is 3.15. The zero-order valence-corrected chi connectivity index (χ0v) is 4.46. The van der Waals surface area contributed by atoms with Crippen LogP contribution in [-0.4, -0.2) is 19.1 Å². The molecule has 8 heavy (non-hydrogen) atoms. The van der Waals surface area contributed by atoms with Gasteiger partial charge in [0.05, 0.1) is 0 Å². The number of carbonyl (C=O) groups excluding carboxylic acids is 1. The molecule has 0 spiro atoms. The molecule has 0 bridgehead atoms. The van der Waals surface area contributed by atoms with E-state index in [-0.39, 0.29) is 6.10 Å². The zero-order valence-electron chi connectivity index (χ0n) is 4.46. The van der Waals surface area contributed by atoms with Gasteiger partial charge in [0.2, 0.25) is 0 Å². The fraction of sp³-hybridized carbons (Fsp3) is 0.600. The monoisotopic (exact) mass is 114 g/mol. The Bertz CT molecular complexity index is 78.5. The second-order valence-electron chi connectivity index (χ2n) is 1.70. The lowest BCUT2D eigenvalue weighted by Gasteiger charge is -2.02. The predicted molar refractivity (Wildman–Crippen MR) is 27.9 cm³/mol. The maximum atomic E-state index is 9.70. The lowest BCUT2D eigenvalue weighted by molar-refractivity contribution is -0.132. The number of hydrogen-bond donors (Lipinski definition) is 1. The van der Waals surface area contributed by atoms with Crippen molar-refractivity contribution in [3.05, 3.63) is 6.54 Å². The van der Waals surface area contributed by atoms with Crippen LogP contribution in [0.4, 0.5) is 0 Å². The van der Waals surface area contributed by atoms with Crippen LogP contribution in [0.5, 0.6) is 0 Å². The highest BCUT2D eigenvalue weighted by Gasteiger charge is 2.14. The number of carbonyl (C=O) groups is 1. The van der Waals surface area contributed by atoms with Gasteiger partial charge in [-0.1, -0.05) is 0 Å². The molecule has 0 aromatic heterocycles. The molecular weight excluding hydrogens is 106 g/mol. The summed E-state index contributed by atoms with van der Waals surface area (Å²) in [7, 11) is 0. The van der Waals surface area contributed by atoms with Crippen molar-refractivity contribution in [2.75, 3.05) is 6.54 Å². The Hall–Kier alpha value is -0.570. The molecule has 1 unspecified atom stereocenters. The molecule has 1 N–H and O–H groups in total. The molecule has 3 heteroatoms. The minimum absolute atomic E-state index is 0.0764. The number of rotatable bonds is 2. The van der Waals surface area contributed by atoms with Crippen molar-refractivity contribution >= 4 is 6.47 Å². The molecule has 0 amide bonds. The van der Waals surface area contributed by atoms with Crippen molar-refractivity contribution in [1.82, 2.24) is 5.32 Å². The Kier molecular flexibility index (Phi) is 1.86. The maximum Gasteiger partial charge on any atom is 0.293 e. The van der Waals surface area contributed by atoms with Crippen LogP contribution in [0.2, 0.25) is 0 Å². The van der Waals surface area contributed by atoms with Gasteiger partial charge in [-0.2, -0.15) is 0 Å². The normalized spacial score (nSPS) is 27.8. The fourth-order valence-electron chi connectivity index (χ4n) is 0.695. The summed E-state index contributed by atoms with van der Waals surface area (Å²) < 4.78 is 4.63. The van der Waals surface area contributed by atoms with Gasteiger partial charge in [-0.25, -0.2) is 0 Å². The highest BCUT2D eigenvalue weighted by atomic mass is 16.5. The van der Waals surface area contributed by atoms with Gasteiger partial charge in [0.15, 0.2) is 0 Å². The summed E-state index contributed by atoms with van der Waals surface area (Å²) in [5.41, 5.74) is 0. The summed E-state index contributed by atoms with van der Waals surface area (Å²) in [5, 5.41) is 2.95. The summed E-state index contributed by atoms with van der Waals surface area (Å²) in [6.07, 6.45) is 0.908. The molecule has 1 saturated heterocycles. The van der Waals surface area contributed by atoms with Crippen LogP contribution in [0.1, 0.15) is 6.42 Å². The van der Waals surface area contributed by atoms with Crippen molar-refractivity contribution in [2.45, 2.75) is 12.5 Å². The smallest absolute Gasteiger partial charge is 0.293 e. The first kappa shape index (κ1) is 5.56. The van der Waals surface area contributed by atoms with Crippen molar-refractivity contribution in [3.63, 3.8) is 0 Å². The molecule has 1 rings (SSSR count). The molecule has 45 valence electrons. The SMILES string of the molecule is O=COC1C[CH]NC1. The second-order valence-corrected chi connectivity index (χ2v) is 1.70. The minimum Gasteiger partial charge on any atom is -0.463 e. The standard InChI is InChI=1S/C5H8NO2/c7-4-8-5-1-2-6-3-5/h2,4-6H,1,3H2. The number of nitrogens with one attached hydrogen (secondary N) is 1. The van der Waals surface area contributed by atoms with Gasteiger partial charge in [-0.15, -0.1) is 0 Å². The molecule has 0 saturated carbocycles. The lowest BCUT2D eigenvalue weighted by Crippen LogP contribution is -2.15. The molecular formula is C5H8NO2. The molecule has 0 aromatic carbocycles. The van der Waals surface area contributed by atoms with E-state index in [0.29, 0.717) is 6.47 Å². The Morgan fingerprint density at radius 2 is 2.75 bits per heavy atom. The molecule has 3 nitrogen and oxygen atoms in total. The van der Waals surface area contributed by atoms with Crippen LogP contribution in [0.25, 0.3) is 0 Å². The third-order valence-corrected chi connectivity index (χ3v) is 1.12. The average molecular weight is 114 g/mol. The summed E-state index contributed by atoms with van der Waals surface area (Å²) in [4.78, 5) is 9.70. The van der Waals surface area contributed by atoms with E-state index in [1.165, 1.54) is 0 Å². The molecule has 1 atom stereocenters.